The maximum Gasteiger partial charge on any atom is 0.244 e. The topological polar surface area (TPSA) is 55.4 Å². The van der Waals surface area contributed by atoms with Crippen LogP contribution < -0.4 is 9.46 Å². The van der Waals surface area contributed by atoms with Gasteiger partial charge in [-0.3, -0.25) is 0 Å². The molecular formula is C15H20BrNO3S. The van der Waals surface area contributed by atoms with E-state index >= 15 is 0 Å². The van der Waals surface area contributed by atoms with E-state index in [-0.39, 0.29) is 4.90 Å². The van der Waals surface area contributed by atoms with Crippen molar-refractivity contribution < 1.29 is 13.2 Å². The summed E-state index contributed by atoms with van der Waals surface area (Å²) in [6.07, 6.45) is 5.04. The van der Waals surface area contributed by atoms with Gasteiger partial charge < -0.3 is 4.74 Å². The fourth-order valence-electron chi connectivity index (χ4n) is 3.78. The van der Waals surface area contributed by atoms with Gasteiger partial charge in [-0.2, -0.15) is 0 Å². The smallest absolute Gasteiger partial charge is 0.244 e. The van der Waals surface area contributed by atoms with Gasteiger partial charge in [0.15, 0.2) is 0 Å². The summed E-state index contributed by atoms with van der Waals surface area (Å²) < 4.78 is 33.7. The van der Waals surface area contributed by atoms with Crippen molar-refractivity contribution in [2.75, 3.05) is 13.7 Å². The second-order valence-corrected chi connectivity index (χ2v) is 8.73. The largest absolute Gasteiger partial charge is 0.495 e. The molecule has 1 N–H and O–H groups in total. The molecule has 0 spiro atoms. The van der Waals surface area contributed by atoms with E-state index in [1.807, 2.05) is 0 Å². The molecule has 1 aromatic carbocycles. The number of hydrogen-bond acceptors (Lipinski definition) is 3. The Morgan fingerprint density at radius 2 is 2.14 bits per heavy atom. The molecule has 0 radical (unpaired) electrons. The number of hydrogen-bond donors (Lipinski definition) is 1. The molecule has 2 bridgehead atoms. The maximum absolute atomic E-state index is 12.5. The number of benzene rings is 1. The van der Waals surface area contributed by atoms with E-state index in [9.17, 15) is 8.42 Å². The first kappa shape index (κ1) is 15.3. The minimum Gasteiger partial charge on any atom is -0.495 e. The lowest BCUT2D eigenvalue weighted by Crippen LogP contribution is -2.31. The van der Waals surface area contributed by atoms with Crippen LogP contribution in [0.1, 0.15) is 25.7 Å². The first-order valence-electron chi connectivity index (χ1n) is 7.33. The van der Waals surface area contributed by atoms with Gasteiger partial charge in [-0.15, -0.1) is 0 Å². The number of halogens is 1. The molecule has 3 unspecified atom stereocenters. The monoisotopic (exact) mass is 373 g/mol. The minimum absolute atomic E-state index is 0.197. The molecule has 2 saturated carbocycles. The maximum atomic E-state index is 12.5. The molecule has 0 saturated heterocycles. The lowest BCUT2D eigenvalue weighted by Gasteiger charge is -2.22. The van der Waals surface area contributed by atoms with E-state index in [0.29, 0.717) is 24.1 Å². The van der Waals surface area contributed by atoms with Crippen molar-refractivity contribution in [2.24, 2.45) is 17.8 Å². The van der Waals surface area contributed by atoms with Crippen molar-refractivity contribution in [3.63, 3.8) is 0 Å². The number of nitrogens with one attached hydrogen (secondary N) is 1. The normalized spacial score (nSPS) is 28.0. The van der Waals surface area contributed by atoms with E-state index in [1.165, 1.54) is 32.8 Å². The Bertz CT molecular complexity index is 632. The molecule has 3 rings (SSSR count). The summed E-state index contributed by atoms with van der Waals surface area (Å²) in [6.45, 7) is 0.541. The third-order valence-electron chi connectivity index (χ3n) is 4.84. The minimum atomic E-state index is -3.53. The Labute approximate surface area is 134 Å². The summed E-state index contributed by atoms with van der Waals surface area (Å²) in [4.78, 5) is 0.197. The zero-order valence-electron chi connectivity index (χ0n) is 12.0. The average Bonchev–Trinajstić information content (AvgIpc) is 3.08. The highest BCUT2D eigenvalue weighted by Gasteiger charge is 2.39. The summed E-state index contributed by atoms with van der Waals surface area (Å²) in [6, 6.07) is 5.02. The molecular weight excluding hydrogens is 354 g/mol. The van der Waals surface area contributed by atoms with E-state index in [4.69, 9.17) is 4.74 Å². The quantitative estimate of drug-likeness (QED) is 0.861. The predicted molar refractivity (Wildman–Crippen MR) is 84.8 cm³/mol. The van der Waals surface area contributed by atoms with Crippen LogP contribution in [0.15, 0.2) is 27.6 Å². The second-order valence-electron chi connectivity index (χ2n) is 6.08. The zero-order chi connectivity index (χ0) is 15.0. The van der Waals surface area contributed by atoms with Crippen molar-refractivity contribution in [2.45, 2.75) is 30.6 Å². The van der Waals surface area contributed by atoms with Gasteiger partial charge in [0, 0.05) is 11.0 Å². The number of methoxy groups -OCH3 is 1. The van der Waals surface area contributed by atoms with Crippen LogP contribution in [-0.2, 0) is 10.0 Å². The summed E-state index contributed by atoms with van der Waals surface area (Å²) in [5, 5.41) is 0. The molecule has 2 aliphatic carbocycles. The Morgan fingerprint density at radius 1 is 1.33 bits per heavy atom. The van der Waals surface area contributed by atoms with Crippen molar-refractivity contribution in [3.05, 3.63) is 22.7 Å². The van der Waals surface area contributed by atoms with Crippen LogP contribution in [-0.4, -0.2) is 22.1 Å². The summed E-state index contributed by atoms with van der Waals surface area (Å²) in [5.41, 5.74) is 0. The Kier molecular flexibility index (Phi) is 4.30. The van der Waals surface area contributed by atoms with E-state index in [0.717, 1.165) is 10.4 Å². The Balaban J connectivity index is 1.73. The van der Waals surface area contributed by atoms with Gasteiger partial charge in [0.1, 0.15) is 10.6 Å². The number of sulfonamides is 1. The van der Waals surface area contributed by atoms with Crippen molar-refractivity contribution >= 4 is 26.0 Å². The standard InChI is InChI=1S/C15H20BrNO3S/c1-20-14-5-4-13(16)8-15(14)21(18,19)17-9-12-7-10-2-3-11(12)6-10/h4-5,8,10-12,17H,2-3,6-7,9H2,1H3. The highest BCUT2D eigenvalue weighted by atomic mass is 79.9. The summed E-state index contributed by atoms with van der Waals surface area (Å²) in [7, 11) is -2.05. The van der Waals surface area contributed by atoms with E-state index < -0.39 is 10.0 Å². The van der Waals surface area contributed by atoms with E-state index in [1.54, 1.807) is 18.2 Å². The number of rotatable bonds is 5. The number of fused-ring (bicyclic) bond motifs is 2. The van der Waals surface area contributed by atoms with Crippen LogP contribution in [0.4, 0.5) is 0 Å². The molecule has 0 heterocycles. The van der Waals surface area contributed by atoms with E-state index in [2.05, 4.69) is 20.7 Å². The molecule has 0 amide bonds. The molecule has 0 aliphatic heterocycles. The second kappa shape index (κ2) is 5.89. The van der Waals surface area contributed by atoms with Crippen LogP contribution in [0.3, 0.4) is 0 Å². The van der Waals surface area contributed by atoms with Crippen LogP contribution in [0.25, 0.3) is 0 Å². The van der Waals surface area contributed by atoms with Gasteiger partial charge in [0.2, 0.25) is 10.0 Å². The van der Waals surface area contributed by atoms with Gasteiger partial charge in [-0.1, -0.05) is 22.4 Å². The Hall–Kier alpha value is -0.590. The van der Waals surface area contributed by atoms with Crippen LogP contribution in [0.2, 0.25) is 0 Å². The van der Waals surface area contributed by atoms with Gasteiger partial charge in [0.05, 0.1) is 7.11 Å². The van der Waals surface area contributed by atoms with Crippen LogP contribution in [0, 0.1) is 17.8 Å². The molecule has 116 valence electrons. The van der Waals surface area contributed by atoms with Gasteiger partial charge in [-0.25, -0.2) is 13.1 Å². The average molecular weight is 374 g/mol. The van der Waals surface area contributed by atoms with Crippen LogP contribution >= 0.6 is 15.9 Å². The SMILES string of the molecule is COc1ccc(Br)cc1S(=O)(=O)NCC1CC2CCC1C2. The summed E-state index contributed by atoms with van der Waals surface area (Å²) in [5.74, 6) is 2.40. The first-order chi connectivity index (χ1) is 9.99. The van der Waals surface area contributed by atoms with Gasteiger partial charge in [0.25, 0.3) is 0 Å². The van der Waals surface area contributed by atoms with Gasteiger partial charge >= 0.3 is 0 Å². The van der Waals surface area contributed by atoms with Crippen molar-refractivity contribution in [1.82, 2.24) is 4.72 Å². The molecule has 6 heteroatoms. The molecule has 1 aromatic rings. The third-order valence-corrected chi connectivity index (χ3v) is 6.77. The zero-order valence-corrected chi connectivity index (χ0v) is 14.4. The summed E-state index contributed by atoms with van der Waals surface area (Å²) >= 11 is 3.31. The fourth-order valence-corrected chi connectivity index (χ4v) is 5.58. The first-order valence-corrected chi connectivity index (χ1v) is 9.60. The highest BCUT2D eigenvalue weighted by Crippen LogP contribution is 2.48. The third kappa shape index (κ3) is 3.12. The van der Waals surface area contributed by atoms with Crippen molar-refractivity contribution in [3.8, 4) is 5.75 Å². The predicted octanol–water partition coefficient (Wildman–Crippen LogP) is 3.17. The van der Waals surface area contributed by atoms with Gasteiger partial charge in [-0.05, 0) is 55.2 Å². The molecule has 0 aromatic heterocycles. The molecule has 21 heavy (non-hydrogen) atoms. The molecule has 4 nitrogen and oxygen atoms in total. The molecule has 3 atom stereocenters. The number of ether oxygens (including phenoxy) is 1. The molecule has 2 fully saturated rings. The highest BCUT2D eigenvalue weighted by molar-refractivity contribution is 9.10. The lowest BCUT2D eigenvalue weighted by atomic mass is 9.89. The van der Waals surface area contributed by atoms with Crippen LogP contribution in [0.5, 0.6) is 5.75 Å². The van der Waals surface area contributed by atoms with Crippen molar-refractivity contribution in [1.29, 1.82) is 0 Å². The molecule has 2 aliphatic rings. The lowest BCUT2D eigenvalue weighted by molar-refractivity contribution is 0.332. The Morgan fingerprint density at radius 3 is 2.76 bits per heavy atom. The fraction of sp³-hybridized carbons (Fsp3) is 0.600.